The van der Waals surface area contributed by atoms with E-state index in [1.165, 1.54) is 0 Å². The molecule has 0 aromatic rings. The molecule has 0 aromatic heterocycles. The SMILES string of the molecule is CCCOCCOCC(=O)CCCOCCOCC(=O)O. The Kier molecular flexibility index (Phi) is 14.6. The Morgan fingerprint density at radius 1 is 0.810 bits per heavy atom. The highest BCUT2D eigenvalue weighted by molar-refractivity contribution is 5.79. The van der Waals surface area contributed by atoms with Gasteiger partial charge in [0.2, 0.25) is 0 Å². The quantitative estimate of drug-likeness (QED) is 0.423. The highest BCUT2D eigenvalue weighted by Gasteiger charge is 2.02. The maximum Gasteiger partial charge on any atom is 0.329 e. The van der Waals surface area contributed by atoms with Gasteiger partial charge in [-0.2, -0.15) is 0 Å². The summed E-state index contributed by atoms with van der Waals surface area (Å²) in [6, 6.07) is 0. The van der Waals surface area contributed by atoms with Crippen LogP contribution in [-0.2, 0) is 28.5 Å². The predicted octanol–water partition coefficient (Wildman–Crippen LogP) is 0.897. The zero-order valence-corrected chi connectivity index (χ0v) is 12.7. The molecule has 7 heteroatoms. The molecule has 124 valence electrons. The van der Waals surface area contributed by atoms with Crippen molar-refractivity contribution in [2.45, 2.75) is 26.2 Å². The first-order valence-electron chi connectivity index (χ1n) is 7.21. The summed E-state index contributed by atoms with van der Waals surface area (Å²) >= 11 is 0. The van der Waals surface area contributed by atoms with Crippen molar-refractivity contribution in [2.75, 3.05) is 52.9 Å². The van der Waals surface area contributed by atoms with Gasteiger partial charge in [0.1, 0.15) is 13.2 Å². The molecule has 0 saturated carbocycles. The fourth-order valence-corrected chi connectivity index (χ4v) is 1.37. The first-order valence-corrected chi connectivity index (χ1v) is 7.21. The molecule has 0 aliphatic carbocycles. The van der Waals surface area contributed by atoms with E-state index in [2.05, 4.69) is 0 Å². The van der Waals surface area contributed by atoms with Crippen LogP contribution in [0.5, 0.6) is 0 Å². The molecule has 0 heterocycles. The minimum atomic E-state index is -0.999. The highest BCUT2D eigenvalue weighted by atomic mass is 16.5. The zero-order chi connectivity index (χ0) is 15.8. The van der Waals surface area contributed by atoms with Gasteiger partial charge in [0.15, 0.2) is 5.78 Å². The fourth-order valence-electron chi connectivity index (χ4n) is 1.37. The molecule has 0 rings (SSSR count). The Labute approximate surface area is 125 Å². The third kappa shape index (κ3) is 16.9. The topological polar surface area (TPSA) is 91.3 Å². The van der Waals surface area contributed by atoms with E-state index in [-0.39, 0.29) is 25.6 Å². The van der Waals surface area contributed by atoms with Crippen LogP contribution in [0.25, 0.3) is 0 Å². The predicted molar refractivity (Wildman–Crippen MR) is 75.4 cm³/mol. The molecule has 0 aliphatic heterocycles. The Hall–Kier alpha value is -1.02. The summed E-state index contributed by atoms with van der Waals surface area (Å²) in [7, 11) is 0. The lowest BCUT2D eigenvalue weighted by Gasteiger charge is -2.05. The third-order valence-electron chi connectivity index (χ3n) is 2.33. The van der Waals surface area contributed by atoms with Gasteiger partial charge in [-0.3, -0.25) is 4.79 Å². The lowest BCUT2D eigenvalue weighted by atomic mass is 10.2. The third-order valence-corrected chi connectivity index (χ3v) is 2.33. The Bertz CT molecular complexity index is 268. The van der Waals surface area contributed by atoms with E-state index in [0.29, 0.717) is 45.9 Å². The van der Waals surface area contributed by atoms with Crippen LogP contribution in [0, 0.1) is 0 Å². The van der Waals surface area contributed by atoms with E-state index in [0.717, 1.165) is 6.42 Å². The van der Waals surface area contributed by atoms with Gasteiger partial charge < -0.3 is 24.1 Å². The van der Waals surface area contributed by atoms with Crippen LogP contribution >= 0.6 is 0 Å². The maximum absolute atomic E-state index is 11.4. The van der Waals surface area contributed by atoms with Crippen LogP contribution in [0.3, 0.4) is 0 Å². The lowest BCUT2D eigenvalue weighted by Crippen LogP contribution is -2.14. The van der Waals surface area contributed by atoms with Crippen molar-refractivity contribution in [2.24, 2.45) is 0 Å². The molecule has 0 saturated heterocycles. The number of hydrogen-bond donors (Lipinski definition) is 1. The minimum absolute atomic E-state index is 0.0382. The van der Waals surface area contributed by atoms with Gasteiger partial charge in [0.25, 0.3) is 0 Å². The van der Waals surface area contributed by atoms with Gasteiger partial charge in [-0.05, 0) is 12.8 Å². The minimum Gasteiger partial charge on any atom is -0.480 e. The van der Waals surface area contributed by atoms with Crippen molar-refractivity contribution in [1.82, 2.24) is 0 Å². The maximum atomic E-state index is 11.4. The second-order valence-corrected chi connectivity index (χ2v) is 4.37. The monoisotopic (exact) mass is 306 g/mol. The lowest BCUT2D eigenvalue weighted by molar-refractivity contribution is -0.142. The fraction of sp³-hybridized carbons (Fsp3) is 0.857. The smallest absolute Gasteiger partial charge is 0.329 e. The Morgan fingerprint density at radius 3 is 2.00 bits per heavy atom. The van der Waals surface area contributed by atoms with Crippen molar-refractivity contribution in [3.63, 3.8) is 0 Å². The van der Waals surface area contributed by atoms with Gasteiger partial charge in [-0.1, -0.05) is 6.92 Å². The summed E-state index contributed by atoms with van der Waals surface area (Å²) in [6.07, 6.45) is 2.00. The molecule has 0 amide bonds. The second kappa shape index (κ2) is 15.4. The van der Waals surface area contributed by atoms with Crippen molar-refractivity contribution in [1.29, 1.82) is 0 Å². The molecule has 0 aliphatic rings. The largest absolute Gasteiger partial charge is 0.480 e. The number of carbonyl (C=O) groups excluding carboxylic acids is 1. The first kappa shape index (κ1) is 20.0. The average Bonchev–Trinajstić information content (AvgIpc) is 2.45. The summed E-state index contributed by atoms with van der Waals surface area (Å²) < 4.78 is 20.4. The van der Waals surface area contributed by atoms with Crippen LogP contribution in [0.15, 0.2) is 0 Å². The number of ketones is 1. The van der Waals surface area contributed by atoms with Gasteiger partial charge in [0, 0.05) is 19.6 Å². The number of carboxylic acid groups (broad SMARTS) is 1. The average molecular weight is 306 g/mol. The summed E-state index contributed by atoms with van der Waals surface area (Å²) in [6.45, 7) is 4.49. The molecular weight excluding hydrogens is 280 g/mol. The number of ether oxygens (including phenoxy) is 4. The molecule has 7 nitrogen and oxygen atoms in total. The summed E-state index contributed by atoms with van der Waals surface area (Å²) in [5.41, 5.74) is 0. The van der Waals surface area contributed by atoms with E-state index in [1.54, 1.807) is 0 Å². The van der Waals surface area contributed by atoms with Crippen LogP contribution in [0.4, 0.5) is 0 Å². The van der Waals surface area contributed by atoms with Gasteiger partial charge >= 0.3 is 5.97 Å². The number of aliphatic carboxylic acids is 1. The number of rotatable bonds is 16. The second-order valence-electron chi connectivity index (χ2n) is 4.37. The van der Waals surface area contributed by atoms with Crippen molar-refractivity contribution in [3.05, 3.63) is 0 Å². The van der Waals surface area contributed by atoms with Crippen LogP contribution < -0.4 is 0 Å². The van der Waals surface area contributed by atoms with E-state index < -0.39 is 5.97 Å². The summed E-state index contributed by atoms with van der Waals surface area (Å²) in [4.78, 5) is 21.6. The summed E-state index contributed by atoms with van der Waals surface area (Å²) in [5.74, 6) is -0.961. The Balaban J connectivity index is 3.17. The number of carboxylic acids is 1. The molecule has 0 atom stereocenters. The molecule has 0 aromatic carbocycles. The molecule has 21 heavy (non-hydrogen) atoms. The molecule has 0 unspecified atom stereocenters. The van der Waals surface area contributed by atoms with Crippen LogP contribution in [0.2, 0.25) is 0 Å². The molecule has 0 fully saturated rings. The van der Waals surface area contributed by atoms with Crippen LogP contribution in [-0.4, -0.2) is 69.7 Å². The molecule has 0 spiro atoms. The van der Waals surface area contributed by atoms with Crippen molar-refractivity contribution < 1.29 is 33.6 Å². The molecular formula is C14H26O7. The van der Waals surface area contributed by atoms with E-state index in [1.807, 2.05) is 6.92 Å². The normalized spacial score (nSPS) is 10.7. The van der Waals surface area contributed by atoms with Gasteiger partial charge in [0.05, 0.1) is 26.4 Å². The van der Waals surface area contributed by atoms with Gasteiger partial charge in [-0.25, -0.2) is 4.79 Å². The van der Waals surface area contributed by atoms with E-state index in [9.17, 15) is 9.59 Å². The van der Waals surface area contributed by atoms with Crippen molar-refractivity contribution in [3.8, 4) is 0 Å². The first-order chi connectivity index (χ1) is 10.2. The van der Waals surface area contributed by atoms with Crippen molar-refractivity contribution >= 4 is 11.8 Å². The number of Topliss-reactive ketones (excluding diaryl/α,β-unsaturated/α-hetero) is 1. The Morgan fingerprint density at radius 2 is 1.38 bits per heavy atom. The molecule has 1 N–H and O–H groups in total. The number of carbonyl (C=O) groups is 2. The zero-order valence-electron chi connectivity index (χ0n) is 12.7. The van der Waals surface area contributed by atoms with Crippen LogP contribution in [0.1, 0.15) is 26.2 Å². The van der Waals surface area contributed by atoms with E-state index >= 15 is 0 Å². The van der Waals surface area contributed by atoms with E-state index in [4.69, 9.17) is 24.1 Å². The molecule has 0 radical (unpaired) electrons. The standard InChI is InChI=1S/C14H26O7/c1-2-5-18-7-9-20-11-13(15)4-3-6-19-8-10-21-12-14(16)17/h2-12H2,1H3,(H,16,17). The van der Waals surface area contributed by atoms with Gasteiger partial charge in [-0.15, -0.1) is 0 Å². The highest BCUT2D eigenvalue weighted by Crippen LogP contribution is 1.94. The molecule has 0 bridgehead atoms. The summed E-state index contributed by atoms with van der Waals surface area (Å²) in [5, 5.41) is 8.32. The number of hydrogen-bond acceptors (Lipinski definition) is 6.